The predicted molar refractivity (Wildman–Crippen MR) is 75.8 cm³/mol. The minimum atomic E-state index is -1.93. The fourth-order valence-corrected chi connectivity index (χ4v) is 3.19. The summed E-state index contributed by atoms with van der Waals surface area (Å²) >= 11 is 0. The Labute approximate surface area is 111 Å². The van der Waals surface area contributed by atoms with Crippen LogP contribution in [0, 0.1) is 4.91 Å². The van der Waals surface area contributed by atoms with E-state index in [9.17, 15) is 9.70 Å². The molecular formula is C10H24N2O4Si2. The second-order valence-corrected chi connectivity index (χ2v) is 15.0. The minimum Gasteiger partial charge on any atom is -0.519 e. The first-order chi connectivity index (χ1) is 7.94. The third-order valence-electron chi connectivity index (χ3n) is 1.76. The van der Waals surface area contributed by atoms with Crippen molar-refractivity contribution in [2.24, 2.45) is 5.29 Å². The first kappa shape index (κ1) is 17.3. The van der Waals surface area contributed by atoms with Gasteiger partial charge in [-0.05, 0) is 46.2 Å². The van der Waals surface area contributed by atoms with E-state index in [0.717, 1.165) is 5.01 Å². The largest absolute Gasteiger partial charge is 0.519 e. The van der Waals surface area contributed by atoms with E-state index in [-0.39, 0.29) is 6.54 Å². The van der Waals surface area contributed by atoms with E-state index in [0.29, 0.717) is 0 Å². The van der Waals surface area contributed by atoms with Gasteiger partial charge in [0.1, 0.15) is 12.8 Å². The Bertz CT molecular complexity index is 299. The van der Waals surface area contributed by atoms with E-state index < -0.39 is 28.8 Å². The molecule has 18 heavy (non-hydrogen) atoms. The zero-order chi connectivity index (χ0) is 14.6. The molecule has 0 radical (unpaired) electrons. The maximum Gasteiger partial charge on any atom is 0.314 e. The molecule has 0 aliphatic rings. The molecule has 1 unspecified atom stereocenters. The van der Waals surface area contributed by atoms with Crippen LogP contribution in [0.2, 0.25) is 39.3 Å². The van der Waals surface area contributed by atoms with E-state index >= 15 is 0 Å². The first-order valence-corrected chi connectivity index (χ1v) is 12.8. The monoisotopic (exact) mass is 292 g/mol. The number of hydrogen-bond acceptors (Lipinski definition) is 5. The summed E-state index contributed by atoms with van der Waals surface area (Å²) < 4.78 is 11.0. The Morgan fingerprint density at radius 3 is 2.00 bits per heavy atom. The summed E-state index contributed by atoms with van der Waals surface area (Å²) in [5.74, 6) is -0.431. The van der Waals surface area contributed by atoms with Gasteiger partial charge >= 0.3 is 5.97 Å². The van der Waals surface area contributed by atoms with E-state index in [1.54, 1.807) is 6.92 Å². The van der Waals surface area contributed by atoms with Crippen LogP contribution in [-0.2, 0) is 13.6 Å². The molecule has 0 heterocycles. The highest BCUT2D eigenvalue weighted by Crippen LogP contribution is 2.12. The van der Waals surface area contributed by atoms with Crippen molar-refractivity contribution in [2.45, 2.75) is 52.4 Å². The Balaban J connectivity index is 4.43. The summed E-state index contributed by atoms with van der Waals surface area (Å²) in [4.78, 5) is 22.4. The van der Waals surface area contributed by atoms with Crippen molar-refractivity contribution in [1.82, 2.24) is 5.01 Å². The fraction of sp³-hybridized carbons (Fsp3) is 0.900. The number of rotatable bonds is 7. The summed E-state index contributed by atoms with van der Waals surface area (Å²) in [6, 6.07) is 0. The molecular weight excluding hydrogens is 268 g/mol. The maximum absolute atomic E-state index is 11.6. The van der Waals surface area contributed by atoms with Crippen LogP contribution in [0.1, 0.15) is 6.92 Å². The topological polar surface area (TPSA) is 68.2 Å². The highest BCUT2D eigenvalue weighted by molar-refractivity contribution is 6.71. The third-order valence-corrected chi connectivity index (χ3v) is 3.65. The molecule has 1 atom stereocenters. The van der Waals surface area contributed by atoms with Crippen LogP contribution in [0.5, 0.6) is 0 Å². The lowest BCUT2D eigenvalue weighted by atomic mass is 10.5. The first-order valence-electron chi connectivity index (χ1n) is 5.94. The molecule has 0 saturated carbocycles. The number of nitroso groups, excluding NO2 is 1. The highest BCUT2D eigenvalue weighted by Gasteiger charge is 2.27. The van der Waals surface area contributed by atoms with Crippen molar-refractivity contribution in [3.8, 4) is 0 Å². The van der Waals surface area contributed by atoms with Gasteiger partial charge in [-0.3, -0.25) is 4.79 Å². The molecule has 0 rings (SSSR count). The Morgan fingerprint density at radius 2 is 1.67 bits per heavy atom. The van der Waals surface area contributed by atoms with Crippen molar-refractivity contribution in [3.05, 3.63) is 4.91 Å². The second kappa shape index (κ2) is 6.44. The van der Waals surface area contributed by atoms with Crippen LogP contribution < -0.4 is 0 Å². The van der Waals surface area contributed by atoms with E-state index in [2.05, 4.69) is 5.29 Å². The van der Waals surface area contributed by atoms with Crippen LogP contribution in [0.25, 0.3) is 0 Å². The lowest BCUT2D eigenvalue weighted by molar-refractivity contribution is -0.138. The van der Waals surface area contributed by atoms with Gasteiger partial charge in [0.05, 0.1) is 5.29 Å². The molecule has 0 saturated heterocycles. The molecule has 8 heteroatoms. The Kier molecular flexibility index (Phi) is 6.17. The average molecular weight is 292 g/mol. The average Bonchev–Trinajstić information content (AvgIpc) is 2.07. The van der Waals surface area contributed by atoms with Crippen molar-refractivity contribution in [1.29, 1.82) is 0 Å². The summed E-state index contributed by atoms with van der Waals surface area (Å²) in [6.45, 7) is 13.3. The lowest BCUT2D eigenvalue weighted by Crippen LogP contribution is -2.43. The van der Waals surface area contributed by atoms with Gasteiger partial charge < -0.3 is 8.85 Å². The highest BCUT2D eigenvalue weighted by atomic mass is 28.4. The van der Waals surface area contributed by atoms with Crippen molar-refractivity contribution in [2.75, 3.05) is 6.54 Å². The van der Waals surface area contributed by atoms with Gasteiger partial charge in [0.15, 0.2) is 8.32 Å². The van der Waals surface area contributed by atoms with Gasteiger partial charge in [-0.1, -0.05) is 0 Å². The molecule has 0 aliphatic heterocycles. The molecule has 0 spiro atoms. The van der Waals surface area contributed by atoms with Crippen LogP contribution >= 0.6 is 0 Å². The maximum atomic E-state index is 11.6. The molecule has 6 nitrogen and oxygen atoms in total. The quantitative estimate of drug-likeness (QED) is 0.312. The van der Waals surface area contributed by atoms with Crippen LogP contribution in [0.15, 0.2) is 5.29 Å². The fourth-order valence-electron chi connectivity index (χ4n) is 1.30. The van der Waals surface area contributed by atoms with Crippen LogP contribution in [0.3, 0.4) is 0 Å². The van der Waals surface area contributed by atoms with Gasteiger partial charge in [-0.15, -0.1) is 4.91 Å². The molecule has 0 fully saturated rings. The van der Waals surface area contributed by atoms with Crippen LogP contribution in [0.4, 0.5) is 0 Å². The predicted octanol–water partition coefficient (Wildman–Crippen LogP) is 2.55. The normalized spacial score (nSPS) is 13.9. The van der Waals surface area contributed by atoms with Crippen molar-refractivity contribution >= 4 is 22.6 Å². The standard InChI is InChI=1S/C10H24N2O4Si2/c1-9(15-17(2,3)4)12(11-14)8-10(13)16-18(5,6)7/h9H,8H2,1-7H3. The number of carbonyl (C=O) groups excluding carboxylic acids is 1. The summed E-state index contributed by atoms with van der Waals surface area (Å²) in [6.07, 6.45) is -0.511. The molecule has 0 bridgehead atoms. The van der Waals surface area contributed by atoms with E-state index in [1.165, 1.54) is 0 Å². The smallest absolute Gasteiger partial charge is 0.314 e. The Morgan fingerprint density at radius 1 is 1.17 bits per heavy atom. The number of hydrogen-bond donors (Lipinski definition) is 0. The SMILES string of the molecule is CC(O[Si](C)(C)C)N(CC(=O)O[Si](C)(C)C)N=O. The van der Waals surface area contributed by atoms with Gasteiger partial charge in [0.2, 0.25) is 8.32 Å². The van der Waals surface area contributed by atoms with Gasteiger partial charge in [-0.2, -0.15) is 0 Å². The van der Waals surface area contributed by atoms with E-state index in [4.69, 9.17) is 8.85 Å². The molecule has 0 aromatic heterocycles. The van der Waals surface area contributed by atoms with Gasteiger partial charge in [0.25, 0.3) is 0 Å². The zero-order valence-corrected chi connectivity index (χ0v) is 14.3. The summed E-state index contributed by atoms with van der Waals surface area (Å²) in [7, 11) is -3.71. The minimum absolute atomic E-state index is 0.167. The number of carbonyl (C=O) groups is 1. The van der Waals surface area contributed by atoms with E-state index in [1.807, 2.05) is 39.3 Å². The van der Waals surface area contributed by atoms with Crippen molar-refractivity contribution < 1.29 is 13.6 Å². The van der Waals surface area contributed by atoms with Gasteiger partial charge in [-0.25, -0.2) is 5.01 Å². The summed E-state index contributed by atoms with van der Waals surface area (Å²) in [5, 5.41) is 3.92. The third kappa shape index (κ3) is 8.37. The summed E-state index contributed by atoms with van der Waals surface area (Å²) in [5.41, 5.74) is 0. The van der Waals surface area contributed by atoms with Crippen molar-refractivity contribution in [3.63, 3.8) is 0 Å². The number of nitrogens with zero attached hydrogens (tertiary/aromatic N) is 2. The lowest BCUT2D eigenvalue weighted by Gasteiger charge is -2.29. The zero-order valence-electron chi connectivity index (χ0n) is 12.3. The molecule has 106 valence electrons. The van der Waals surface area contributed by atoms with Gasteiger partial charge in [0, 0.05) is 0 Å². The Hall–Kier alpha value is -0.736. The van der Waals surface area contributed by atoms with Crippen LogP contribution in [-0.4, -0.2) is 40.4 Å². The molecule has 0 aliphatic carbocycles. The second-order valence-electron chi connectivity index (χ2n) is 6.10. The molecule has 0 N–H and O–H groups in total. The molecule has 0 amide bonds. The molecule has 0 aromatic rings. The molecule has 0 aromatic carbocycles.